The summed E-state index contributed by atoms with van der Waals surface area (Å²) in [6.07, 6.45) is 5.27. The molecule has 0 aliphatic heterocycles. The molecule has 0 radical (unpaired) electrons. The van der Waals surface area contributed by atoms with E-state index in [0.29, 0.717) is 27.8 Å². The number of nitrogens with zero attached hydrogens (tertiary/aromatic N) is 3. The maximum atomic E-state index is 12.0. The van der Waals surface area contributed by atoms with Crippen molar-refractivity contribution < 1.29 is 14.6 Å². The van der Waals surface area contributed by atoms with Gasteiger partial charge in [-0.3, -0.25) is 9.20 Å². The molecule has 0 spiro atoms. The highest BCUT2D eigenvalue weighted by molar-refractivity contribution is 6.32. The van der Waals surface area contributed by atoms with Crippen LogP contribution in [0.5, 0.6) is 5.75 Å². The Labute approximate surface area is 183 Å². The molecule has 0 aliphatic carbocycles. The molecular formula is C22H20ClN5O3. The van der Waals surface area contributed by atoms with Crippen molar-refractivity contribution in [3.05, 3.63) is 71.6 Å². The fourth-order valence-corrected chi connectivity index (χ4v) is 3.42. The summed E-state index contributed by atoms with van der Waals surface area (Å²) in [5.41, 5.74) is 3.67. The zero-order valence-corrected chi connectivity index (χ0v) is 17.4. The average Bonchev–Trinajstić information content (AvgIpc) is 3.23. The Bertz CT molecular complexity index is 1220. The van der Waals surface area contributed by atoms with Gasteiger partial charge in [-0.15, -0.1) is 0 Å². The highest BCUT2D eigenvalue weighted by atomic mass is 35.5. The Hall–Kier alpha value is -3.62. The normalized spacial score (nSPS) is 10.8. The van der Waals surface area contributed by atoms with Gasteiger partial charge in [-0.25, -0.2) is 9.97 Å². The highest BCUT2D eigenvalue weighted by Gasteiger charge is 2.13. The number of benzene rings is 2. The molecule has 1 amide bonds. The van der Waals surface area contributed by atoms with Crippen molar-refractivity contribution in [3.8, 4) is 17.0 Å². The maximum Gasteiger partial charge on any atom is 0.251 e. The fourth-order valence-electron chi connectivity index (χ4n) is 3.16. The second kappa shape index (κ2) is 9.03. The van der Waals surface area contributed by atoms with E-state index in [0.717, 1.165) is 16.9 Å². The number of rotatable bonds is 7. The van der Waals surface area contributed by atoms with Crippen LogP contribution < -0.4 is 15.4 Å². The Morgan fingerprint density at radius 2 is 2.00 bits per heavy atom. The standard InChI is InChI=1S/C22H20ClN5O3/c1-31-19-7-4-15(12-17(19)23)18-13-26-21-20(24-8-10-28(18)21)27-16-5-2-14(3-6-16)22(30)25-9-11-29/h2-8,10,12-13,29H,9,11H2,1H3,(H,24,27)(H,25,30). The first kappa shape index (κ1) is 20.6. The SMILES string of the molecule is COc1ccc(-c2cnc3c(Nc4ccc(C(=O)NCCO)cc4)nccn23)cc1Cl. The Balaban J connectivity index is 1.60. The van der Waals surface area contributed by atoms with Gasteiger partial charge in [0, 0.05) is 35.8 Å². The van der Waals surface area contributed by atoms with Crippen molar-refractivity contribution in [3.63, 3.8) is 0 Å². The van der Waals surface area contributed by atoms with Crippen molar-refractivity contribution in [1.29, 1.82) is 0 Å². The van der Waals surface area contributed by atoms with E-state index >= 15 is 0 Å². The van der Waals surface area contributed by atoms with E-state index in [-0.39, 0.29) is 19.1 Å². The molecule has 0 saturated heterocycles. The van der Waals surface area contributed by atoms with Crippen molar-refractivity contribution in [2.45, 2.75) is 0 Å². The number of halogens is 1. The molecule has 2 aromatic heterocycles. The number of aliphatic hydroxyl groups excluding tert-OH is 1. The smallest absolute Gasteiger partial charge is 0.251 e. The number of aromatic nitrogens is 3. The first-order valence-electron chi connectivity index (χ1n) is 9.53. The van der Waals surface area contributed by atoms with Gasteiger partial charge in [-0.1, -0.05) is 11.6 Å². The van der Waals surface area contributed by atoms with Gasteiger partial charge in [0.25, 0.3) is 5.91 Å². The van der Waals surface area contributed by atoms with Gasteiger partial charge in [0.05, 0.1) is 30.6 Å². The van der Waals surface area contributed by atoms with Gasteiger partial charge in [-0.2, -0.15) is 0 Å². The lowest BCUT2D eigenvalue weighted by Gasteiger charge is -2.09. The van der Waals surface area contributed by atoms with Gasteiger partial charge in [0.1, 0.15) is 5.75 Å². The lowest BCUT2D eigenvalue weighted by atomic mass is 10.1. The molecule has 0 atom stereocenters. The molecule has 9 heteroatoms. The van der Waals surface area contributed by atoms with E-state index in [4.69, 9.17) is 21.4 Å². The molecule has 2 heterocycles. The van der Waals surface area contributed by atoms with Crippen LogP contribution in [-0.4, -0.2) is 45.6 Å². The predicted octanol–water partition coefficient (Wildman–Crippen LogP) is 3.52. The molecular weight excluding hydrogens is 418 g/mol. The molecule has 0 saturated carbocycles. The summed E-state index contributed by atoms with van der Waals surface area (Å²) in [6, 6.07) is 12.5. The average molecular weight is 438 g/mol. The number of hydrogen-bond donors (Lipinski definition) is 3. The van der Waals surface area contributed by atoms with Gasteiger partial charge < -0.3 is 20.5 Å². The number of ether oxygens (including phenoxy) is 1. The highest BCUT2D eigenvalue weighted by Crippen LogP contribution is 2.31. The zero-order chi connectivity index (χ0) is 21.8. The molecule has 158 valence electrons. The second-order valence-corrected chi connectivity index (χ2v) is 7.05. The van der Waals surface area contributed by atoms with Crippen LogP contribution >= 0.6 is 11.6 Å². The number of fused-ring (bicyclic) bond motifs is 1. The largest absolute Gasteiger partial charge is 0.495 e. The maximum absolute atomic E-state index is 12.0. The minimum absolute atomic E-state index is 0.101. The number of methoxy groups -OCH3 is 1. The lowest BCUT2D eigenvalue weighted by Crippen LogP contribution is -2.26. The van der Waals surface area contributed by atoms with E-state index in [1.54, 1.807) is 43.8 Å². The lowest BCUT2D eigenvalue weighted by molar-refractivity contribution is 0.0945. The number of carbonyl (C=O) groups excluding carboxylic acids is 1. The quantitative estimate of drug-likeness (QED) is 0.409. The third-order valence-electron chi connectivity index (χ3n) is 4.68. The first-order valence-corrected chi connectivity index (χ1v) is 9.90. The van der Waals surface area contributed by atoms with E-state index in [2.05, 4.69) is 20.6 Å². The van der Waals surface area contributed by atoms with E-state index in [1.807, 2.05) is 28.8 Å². The summed E-state index contributed by atoms with van der Waals surface area (Å²) in [7, 11) is 1.58. The number of nitrogens with one attached hydrogen (secondary N) is 2. The molecule has 31 heavy (non-hydrogen) atoms. The number of imidazole rings is 1. The number of carbonyl (C=O) groups is 1. The van der Waals surface area contributed by atoms with Gasteiger partial charge in [0.15, 0.2) is 11.5 Å². The summed E-state index contributed by atoms with van der Waals surface area (Å²) in [5.74, 6) is 0.944. The molecule has 0 fully saturated rings. The number of hydrogen-bond acceptors (Lipinski definition) is 6. The molecule has 4 rings (SSSR count). The summed E-state index contributed by atoms with van der Waals surface area (Å²) < 4.78 is 7.14. The zero-order valence-electron chi connectivity index (χ0n) is 16.7. The van der Waals surface area contributed by atoms with E-state index in [1.165, 1.54) is 0 Å². The summed E-state index contributed by atoms with van der Waals surface area (Å²) >= 11 is 6.28. The molecule has 4 aromatic rings. The third kappa shape index (κ3) is 4.30. The molecule has 3 N–H and O–H groups in total. The van der Waals surface area contributed by atoms with Crippen LogP contribution in [0, 0.1) is 0 Å². The van der Waals surface area contributed by atoms with Crippen LogP contribution in [0.1, 0.15) is 10.4 Å². The van der Waals surface area contributed by atoms with Crippen LogP contribution in [0.4, 0.5) is 11.5 Å². The minimum Gasteiger partial charge on any atom is -0.495 e. The van der Waals surface area contributed by atoms with Gasteiger partial charge >= 0.3 is 0 Å². The molecule has 0 aliphatic rings. The van der Waals surface area contributed by atoms with Crippen LogP contribution in [0.3, 0.4) is 0 Å². The monoisotopic (exact) mass is 437 g/mol. The van der Waals surface area contributed by atoms with Crippen molar-refractivity contribution in [2.75, 3.05) is 25.6 Å². The molecule has 0 unspecified atom stereocenters. The fraction of sp³-hybridized carbons (Fsp3) is 0.136. The van der Waals surface area contributed by atoms with E-state index < -0.39 is 0 Å². The van der Waals surface area contributed by atoms with Crippen LogP contribution in [-0.2, 0) is 0 Å². The molecule has 8 nitrogen and oxygen atoms in total. The number of anilines is 2. The Morgan fingerprint density at radius 3 is 2.71 bits per heavy atom. The minimum atomic E-state index is -0.239. The van der Waals surface area contributed by atoms with Crippen LogP contribution in [0.2, 0.25) is 5.02 Å². The van der Waals surface area contributed by atoms with Gasteiger partial charge in [-0.05, 0) is 42.5 Å². The molecule has 2 aromatic carbocycles. The van der Waals surface area contributed by atoms with Crippen LogP contribution in [0.25, 0.3) is 16.9 Å². The Kier molecular flexibility index (Phi) is 6.01. The number of aliphatic hydroxyl groups is 1. The van der Waals surface area contributed by atoms with Crippen molar-refractivity contribution in [1.82, 2.24) is 19.7 Å². The third-order valence-corrected chi connectivity index (χ3v) is 4.98. The summed E-state index contributed by atoms with van der Waals surface area (Å²) in [6.45, 7) is 0.114. The van der Waals surface area contributed by atoms with Crippen molar-refractivity contribution >= 4 is 34.7 Å². The molecule has 0 bridgehead atoms. The van der Waals surface area contributed by atoms with Crippen molar-refractivity contribution in [2.24, 2.45) is 0 Å². The summed E-state index contributed by atoms with van der Waals surface area (Å²) in [4.78, 5) is 20.9. The van der Waals surface area contributed by atoms with Gasteiger partial charge in [0.2, 0.25) is 0 Å². The second-order valence-electron chi connectivity index (χ2n) is 6.64. The van der Waals surface area contributed by atoms with Crippen LogP contribution in [0.15, 0.2) is 61.1 Å². The predicted molar refractivity (Wildman–Crippen MR) is 119 cm³/mol. The van der Waals surface area contributed by atoms with E-state index in [9.17, 15) is 4.79 Å². The summed E-state index contributed by atoms with van der Waals surface area (Å²) in [5, 5.41) is 15.2. The topological polar surface area (TPSA) is 101 Å². The Morgan fingerprint density at radius 1 is 1.19 bits per heavy atom. The first-order chi connectivity index (χ1) is 15.1. The number of amides is 1.